The molecule has 0 saturated heterocycles. The Hall–Kier alpha value is -1.03. The normalized spacial score (nSPS) is 24.6. The molecule has 1 aromatic rings. The number of nitrogens with zero attached hydrogens (tertiary/aromatic N) is 2. The van der Waals surface area contributed by atoms with Crippen LogP contribution in [0.1, 0.15) is 57.7 Å². The first-order valence-electron chi connectivity index (χ1n) is 8.02. The van der Waals surface area contributed by atoms with Crippen LogP contribution in [0.2, 0.25) is 0 Å². The van der Waals surface area contributed by atoms with E-state index >= 15 is 0 Å². The van der Waals surface area contributed by atoms with E-state index in [4.69, 9.17) is 4.74 Å². The van der Waals surface area contributed by atoms with Crippen molar-refractivity contribution in [2.75, 3.05) is 14.2 Å². The molecule has 0 aromatic carbocycles. The van der Waals surface area contributed by atoms with Gasteiger partial charge in [-0.3, -0.25) is 4.68 Å². The van der Waals surface area contributed by atoms with Crippen molar-refractivity contribution < 1.29 is 4.74 Å². The predicted octanol–water partition coefficient (Wildman–Crippen LogP) is 3.39. The van der Waals surface area contributed by atoms with E-state index in [2.05, 4.69) is 36.0 Å². The molecule has 1 heterocycles. The summed E-state index contributed by atoms with van der Waals surface area (Å²) < 4.78 is 7.61. The maximum Gasteiger partial charge on any atom is 0.161 e. The molecule has 4 heteroatoms. The number of methoxy groups -OCH3 is 1. The SMILES string of the molecule is CCC1CCCC(C(NC)c2c(OC)cnn2CC)C1. The summed E-state index contributed by atoms with van der Waals surface area (Å²) in [6.07, 6.45) is 8.53. The van der Waals surface area contributed by atoms with Gasteiger partial charge in [0.25, 0.3) is 0 Å². The molecule has 3 atom stereocenters. The van der Waals surface area contributed by atoms with Gasteiger partial charge in [0.15, 0.2) is 5.75 Å². The van der Waals surface area contributed by atoms with E-state index in [0.29, 0.717) is 12.0 Å². The highest BCUT2D eigenvalue weighted by molar-refractivity contribution is 5.29. The fourth-order valence-corrected chi connectivity index (χ4v) is 3.70. The van der Waals surface area contributed by atoms with E-state index in [1.165, 1.54) is 37.8 Å². The third-order valence-corrected chi connectivity index (χ3v) is 4.84. The van der Waals surface area contributed by atoms with Crippen LogP contribution in [0.25, 0.3) is 0 Å². The van der Waals surface area contributed by atoms with Gasteiger partial charge in [-0.25, -0.2) is 0 Å². The van der Waals surface area contributed by atoms with Gasteiger partial charge in [-0.15, -0.1) is 0 Å². The molecule has 1 aliphatic rings. The molecule has 0 amide bonds. The lowest BCUT2D eigenvalue weighted by molar-refractivity contribution is 0.206. The molecule has 0 spiro atoms. The Balaban J connectivity index is 2.25. The van der Waals surface area contributed by atoms with E-state index < -0.39 is 0 Å². The van der Waals surface area contributed by atoms with Gasteiger partial charge in [-0.2, -0.15) is 5.10 Å². The van der Waals surface area contributed by atoms with Gasteiger partial charge < -0.3 is 10.1 Å². The fourth-order valence-electron chi connectivity index (χ4n) is 3.70. The van der Waals surface area contributed by atoms with E-state index in [1.54, 1.807) is 7.11 Å². The second-order valence-corrected chi connectivity index (χ2v) is 5.88. The number of hydrogen-bond donors (Lipinski definition) is 1. The molecule has 1 aromatic heterocycles. The fraction of sp³-hybridized carbons (Fsp3) is 0.812. The highest BCUT2D eigenvalue weighted by Crippen LogP contribution is 2.40. The number of nitrogens with one attached hydrogen (secondary N) is 1. The average Bonchev–Trinajstić information content (AvgIpc) is 2.91. The summed E-state index contributed by atoms with van der Waals surface area (Å²) in [6.45, 7) is 5.34. The van der Waals surface area contributed by atoms with Crippen LogP contribution in [0.15, 0.2) is 6.20 Å². The summed E-state index contributed by atoms with van der Waals surface area (Å²) in [5.41, 5.74) is 1.22. The molecule has 1 N–H and O–H groups in total. The highest BCUT2D eigenvalue weighted by atomic mass is 16.5. The lowest BCUT2D eigenvalue weighted by Gasteiger charge is -2.34. The van der Waals surface area contributed by atoms with Crippen LogP contribution in [0.3, 0.4) is 0 Å². The van der Waals surface area contributed by atoms with Crippen LogP contribution >= 0.6 is 0 Å². The number of ether oxygens (including phenoxy) is 1. The molecular weight excluding hydrogens is 250 g/mol. The van der Waals surface area contributed by atoms with E-state index in [0.717, 1.165) is 18.2 Å². The lowest BCUT2D eigenvalue weighted by atomic mass is 9.76. The minimum Gasteiger partial charge on any atom is -0.493 e. The molecule has 0 radical (unpaired) electrons. The standard InChI is InChI=1S/C16H29N3O/c1-5-12-8-7-9-13(10-12)15(17-3)16-14(20-4)11-18-19(16)6-2/h11-13,15,17H,5-10H2,1-4H3. The van der Waals surface area contributed by atoms with Crippen molar-refractivity contribution in [1.29, 1.82) is 0 Å². The minimum atomic E-state index is 0.349. The Morgan fingerprint density at radius 2 is 2.25 bits per heavy atom. The minimum absolute atomic E-state index is 0.349. The topological polar surface area (TPSA) is 39.1 Å². The van der Waals surface area contributed by atoms with Crippen LogP contribution in [0, 0.1) is 11.8 Å². The summed E-state index contributed by atoms with van der Waals surface area (Å²) in [6, 6.07) is 0.349. The van der Waals surface area contributed by atoms with Gasteiger partial charge in [0.05, 0.1) is 25.0 Å². The summed E-state index contributed by atoms with van der Waals surface area (Å²) in [5.74, 6) is 2.49. The summed E-state index contributed by atoms with van der Waals surface area (Å²) >= 11 is 0. The second-order valence-electron chi connectivity index (χ2n) is 5.88. The zero-order valence-electron chi connectivity index (χ0n) is 13.4. The van der Waals surface area contributed by atoms with E-state index in [9.17, 15) is 0 Å². The first-order chi connectivity index (χ1) is 9.74. The van der Waals surface area contributed by atoms with Gasteiger partial charge in [-0.05, 0) is 38.6 Å². The monoisotopic (exact) mass is 279 g/mol. The van der Waals surface area contributed by atoms with Crippen LogP contribution in [0.4, 0.5) is 0 Å². The Labute approximate surface area is 122 Å². The smallest absolute Gasteiger partial charge is 0.161 e. The highest BCUT2D eigenvalue weighted by Gasteiger charge is 2.31. The molecule has 1 fully saturated rings. The van der Waals surface area contributed by atoms with Gasteiger partial charge in [0.2, 0.25) is 0 Å². The molecule has 1 saturated carbocycles. The largest absolute Gasteiger partial charge is 0.493 e. The molecule has 3 unspecified atom stereocenters. The molecule has 4 nitrogen and oxygen atoms in total. The molecule has 20 heavy (non-hydrogen) atoms. The number of aryl methyl sites for hydroxylation is 1. The molecule has 2 rings (SSSR count). The Morgan fingerprint density at radius 1 is 1.45 bits per heavy atom. The van der Waals surface area contributed by atoms with Crippen molar-refractivity contribution in [2.24, 2.45) is 11.8 Å². The van der Waals surface area contributed by atoms with Gasteiger partial charge >= 0.3 is 0 Å². The number of aromatic nitrogens is 2. The molecule has 0 bridgehead atoms. The van der Waals surface area contributed by atoms with Crippen molar-refractivity contribution in [2.45, 2.75) is 58.5 Å². The Bertz CT molecular complexity index is 394. The number of rotatable bonds is 6. The first-order valence-corrected chi connectivity index (χ1v) is 8.02. The first kappa shape index (κ1) is 15.4. The van der Waals surface area contributed by atoms with E-state index in [1.807, 2.05) is 6.20 Å². The Kier molecular flexibility index (Phi) is 5.46. The average molecular weight is 279 g/mol. The van der Waals surface area contributed by atoms with Crippen LogP contribution in [-0.4, -0.2) is 23.9 Å². The Morgan fingerprint density at radius 3 is 2.85 bits per heavy atom. The quantitative estimate of drug-likeness (QED) is 0.867. The maximum atomic E-state index is 5.53. The summed E-state index contributed by atoms with van der Waals surface area (Å²) in [4.78, 5) is 0. The van der Waals surface area contributed by atoms with Crippen molar-refractivity contribution in [3.8, 4) is 5.75 Å². The van der Waals surface area contributed by atoms with Gasteiger partial charge in [0.1, 0.15) is 0 Å². The zero-order chi connectivity index (χ0) is 14.5. The third kappa shape index (κ3) is 3.00. The predicted molar refractivity (Wildman–Crippen MR) is 82.0 cm³/mol. The van der Waals surface area contributed by atoms with E-state index in [-0.39, 0.29) is 0 Å². The zero-order valence-corrected chi connectivity index (χ0v) is 13.4. The van der Waals surface area contributed by atoms with Gasteiger partial charge in [-0.1, -0.05) is 26.2 Å². The maximum absolute atomic E-state index is 5.53. The summed E-state index contributed by atoms with van der Waals surface area (Å²) in [7, 11) is 3.80. The van der Waals surface area contributed by atoms with Crippen molar-refractivity contribution >= 4 is 0 Å². The summed E-state index contributed by atoms with van der Waals surface area (Å²) in [5, 5.41) is 7.99. The van der Waals surface area contributed by atoms with Crippen LogP contribution in [-0.2, 0) is 6.54 Å². The van der Waals surface area contributed by atoms with Gasteiger partial charge in [0, 0.05) is 6.54 Å². The van der Waals surface area contributed by atoms with Crippen molar-refractivity contribution in [1.82, 2.24) is 15.1 Å². The molecule has 0 aliphatic heterocycles. The third-order valence-electron chi connectivity index (χ3n) is 4.84. The number of hydrogen-bond acceptors (Lipinski definition) is 3. The second kappa shape index (κ2) is 7.11. The van der Waals surface area contributed by atoms with Crippen LogP contribution < -0.4 is 10.1 Å². The lowest BCUT2D eigenvalue weighted by Crippen LogP contribution is -2.31. The molecule has 1 aliphatic carbocycles. The van der Waals surface area contributed by atoms with Crippen LogP contribution in [0.5, 0.6) is 5.75 Å². The molecular formula is C16H29N3O. The van der Waals surface area contributed by atoms with Crippen molar-refractivity contribution in [3.63, 3.8) is 0 Å². The molecule has 114 valence electrons. The van der Waals surface area contributed by atoms with Crippen molar-refractivity contribution in [3.05, 3.63) is 11.9 Å².